The third-order valence-corrected chi connectivity index (χ3v) is 5.10. The van der Waals surface area contributed by atoms with Crippen LogP contribution in [0.5, 0.6) is 0 Å². The zero-order chi connectivity index (χ0) is 14.9. The van der Waals surface area contributed by atoms with Crippen LogP contribution in [-0.2, 0) is 0 Å². The monoisotopic (exact) mass is 308 g/mol. The van der Waals surface area contributed by atoms with Crippen molar-refractivity contribution in [3.63, 3.8) is 0 Å². The van der Waals surface area contributed by atoms with Gasteiger partial charge >= 0.3 is 0 Å². The molecule has 21 heavy (non-hydrogen) atoms. The number of rotatable bonds is 6. The Labute approximate surface area is 132 Å². The largest absolute Gasteiger partial charge is 0.356 e. The summed E-state index contributed by atoms with van der Waals surface area (Å²) >= 11 is 1.82. The number of guanidine groups is 1. The molecule has 1 aliphatic heterocycles. The van der Waals surface area contributed by atoms with Gasteiger partial charge in [0.1, 0.15) is 0 Å². The number of nitrogens with one attached hydrogen (secondary N) is 2. The maximum atomic E-state index is 4.30. The number of hydrogen-bond donors (Lipinski definition) is 2. The van der Waals surface area contributed by atoms with Crippen molar-refractivity contribution in [3.05, 3.63) is 22.4 Å². The van der Waals surface area contributed by atoms with Crippen molar-refractivity contribution in [1.82, 2.24) is 15.5 Å². The van der Waals surface area contributed by atoms with E-state index in [0.717, 1.165) is 25.6 Å². The Hall–Kier alpha value is -1.07. The number of piperidine rings is 1. The predicted molar refractivity (Wildman–Crippen MR) is 92.4 cm³/mol. The SMILES string of the molecule is CN=C(NCCN1CCCCC1)NCC(C)c1cccs1. The minimum Gasteiger partial charge on any atom is -0.356 e. The molecule has 0 radical (unpaired) electrons. The first-order chi connectivity index (χ1) is 10.3. The Bertz CT molecular complexity index is 410. The molecule has 1 fully saturated rings. The highest BCUT2D eigenvalue weighted by molar-refractivity contribution is 7.10. The summed E-state index contributed by atoms with van der Waals surface area (Å²) in [7, 11) is 1.84. The first-order valence-electron chi connectivity index (χ1n) is 8.00. The lowest BCUT2D eigenvalue weighted by Crippen LogP contribution is -2.43. The van der Waals surface area contributed by atoms with Crippen molar-refractivity contribution in [1.29, 1.82) is 0 Å². The van der Waals surface area contributed by atoms with Crippen LogP contribution in [0, 0.1) is 0 Å². The van der Waals surface area contributed by atoms with Crippen LogP contribution in [0.25, 0.3) is 0 Å². The third-order valence-electron chi connectivity index (χ3n) is 4.00. The minimum atomic E-state index is 0.519. The van der Waals surface area contributed by atoms with Crippen molar-refractivity contribution in [2.45, 2.75) is 32.1 Å². The van der Waals surface area contributed by atoms with Gasteiger partial charge in [-0.15, -0.1) is 11.3 Å². The maximum absolute atomic E-state index is 4.30. The van der Waals surface area contributed by atoms with Crippen LogP contribution < -0.4 is 10.6 Å². The van der Waals surface area contributed by atoms with E-state index < -0.39 is 0 Å². The summed E-state index contributed by atoms with van der Waals surface area (Å²) in [5, 5.41) is 8.98. The fourth-order valence-electron chi connectivity index (χ4n) is 2.66. The number of aliphatic imine (C=N–C) groups is 1. The molecule has 0 aliphatic carbocycles. The normalized spacial score (nSPS) is 18.5. The highest BCUT2D eigenvalue weighted by atomic mass is 32.1. The van der Waals surface area contributed by atoms with Gasteiger partial charge in [-0.2, -0.15) is 0 Å². The molecule has 118 valence electrons. The summed E-state index contributed by atoms with van der Waals surface area (Å²) < 4.78 is 0. The van der Waals surface area contributed by atoms with Gasteiger partial charge < -0.3 is 15.5 Å². The lowest BCUT2D eigenvalue weighted by molar-refractivity contribution is 0.232. The Morgan fingerprint density at radius 2 is 2.14 bits per heavy atom. The summed E-state index contributed by atoms with van der Waals surface area (Å²) in [6, 6.07) is 4.31. The van der Waals surface area contributed by atoms with Gasteiger partial charge in [-0.05, 0) is 37.4 Å². The topological polar surface area (TPSA) is 39.7 Å². The number of nitrogens with zero attached hydrogens (tertiary/aromatic N) is 2. The summed E-state index contributed by atoms with van der Waals surface area (Å²) in [6.07, 6.45) is 4.10. The molecule has 5 heteroatoms. The lowest BCUT2D eigenvalue weighted by Gasteiger charge is -2.26. The van der Waals surface area contributed by atoms with Crippen LogP contribution in [0.4, 0.5) is 0 Å². The smallest absolute Gasteiger partial charge is 0.191 e. The molecule has 4 nitrogen and oxygen atoms in total. The first-order valence-corrected chi connectivity index (χ1v) is 8.88. The Balaban J connectivity index is 1.63. The number of thiophene rings is 1. The summed E-state index contributed by atoms with van der Waals surface area (Å²) in [6.45, 7) is 7.75. The molecule has 0 spiro atoms. The molecule has 0 amide bonds. The molecule has 0 aromatic carbocycles. The summed E-state index contributed by atoms with van der Waals surface area (Å²) in [5.41, 5.74) is 0. The lowest BCUT2D eigenvalue weighted by atomic mass is 10.1. The molecule has 1 aliphatic rings. The van der Waals surface area contributed by atoms with Gasteiger partial charge in [0.15, 0.2) is 5.96 Å². The van der Waals surface area contributed by atoms with Crippen LogP contribution in [0.3, 0.4) is 0 Å². The zero-order valence-electron chi connectivity index (χ0n) is 13.3. The van der Waals surface area contributed by atoms with E-state index in [2.05, 4.69) is 45.0 Å². The number of hydrogen-bond acceptors (Lipinski definition) is 3. The van der Waals surface area contributed by atoms with Gasteiger partial charge in [0.05, 0.1) is 0 Å². The quantitative estimate of drug-likeness (QED) is 0.626. The van der Waals surface area contributed by atoms with Crippen molar-refractivity contribution in [2.24, 2.45) is 4.99 Å². The average Bonchev–Trinajstić information content (AvgIpc) is 3.06. The van der Waals surface area contributed by atoms with E-state index in [4.69, 9.17) is 0 Å². The maximum Gasteiger partial charge on any atom is 0.191 e. The molecular formula is C16H28N4S. The second-order valence-corrected chi connectivity index (χ2v) is 6.68. The molecular weight excluding hydrogens is 280 g/mol. The molecule has 1 aromatic heterocycles. The van der Waals surface area contributed by atoms with E-state index >= 15 is 0 Å². The van der Waals surface area contributed by atoms with Crippen LogP contribution in [0.1, 0.15) is 37.0 Å². The van der Waals surface area contributed by atoms with Crippen molar-refractivity contribution in [3.8, 4) is 0 Å². The minimum absolute atomic E-state index is 0.519. The molecule has 1 atom stereocenters. The van der Waals surface area contributed by atoms with Crippen LogP contribution in [0.15, 0.2) is 22.5 Å². The number of likely N-dealkylation sites (tertiary alicyclic amines) is 1. The van der Waals surface area contributed by atoms with E-state index in [9.17, 15) is 0 Å². The fourth-order valence-corrected chi connectivity index (χ4v) is 3.45. The Kier molecular flexibility index (Phi) is 7.03. The molecule has 2 heterocycles. The van der Waals surface area contributed by atoms with Gasteiger partial charge in [-0.25, -0.2) is 0 Å². The predicted octanol–water partition coefficient (Wildman–Crippen LogP) is 2.50. The van der Waals surface area contributed by atoms with Crippen LogP contribution in [-0.4, -0.2) is 50.6 Å². The highest BCUT2D eigenvalue weighted by Crippen LogP contribution is 2.19. The highest BCUT2D eigenvalue weighted by Gasteiger charge is 2.10. The van der Waals surface area contributed by atoms with Crippen molar-refractivity contribution < 1.29 is 0 Å². The second-order valence-electron chi connectivity index (χ2n) is 5.70. The standard InChI is InChI=1S/C16H28N4S/c1-14(15-7-6-12-21-15)13-19-16(17-2)18-8-11-20-9-4-3-5-10-20/h6-7,12,14H,3-5,8-11,13H2,1-2H3,(H2,17,18,19). The Morgan fingerprint density at radius 3 is 2.81 bits per heavy atom. The van der Waals surface area contributed by atoms with Gasteiger partial charge in [-0.1, -0.05) is 19.4 Å². The van der Waals surface area contributed by atoms with Crippen molar-refractivity contribution in [2.75, 3.05) is 39.8 Å². The van der Waals surface area contributed by atoms with E-state index in [1.54, 1.807) is 0 Å². The molecule has 2 N–H and O–H groups in total. The van der Waals surface area contributed by atoms with E-state index in [-0.39, 0.29) is 0 Å². The van der Waals surface area contributed by atoms with Crippen LogP contribution in [0.2, 0.25) is 0 Å². The molecule has 1 unspecified atom stereocenters. The van der Waals surface area contributed by atoms with Gasteiger partial charge in [0, 0.05) is 37.5 Å². The van der Waals surface area contributed by atoms with Crippen LogP contribution >= 0.6 is 11.3 Å². The molecule has 1 saturated heterocycles. The van der Waals surface area contributed by atoms with E-state index in [0.29, 0.717) is 5.92 Å². The van der Waals surface area contributed by atoms with Gasteiger partial charge in [0.2, 0.25) is 0 Å². The fraction of sp³-hybridized carbons (Fsp3) is 0.688. The molecule has 2 rings (SSSR count). The van der Waals surface area contributed by atoms with Gasteiger partial charge in [0.25, 0.3) is 0 Å². The Morgan fingerprint density at radius 1 is 1.33 bits per heavy atom. The molecule has 0 bridgehead atoms. The van der Waals surface area contributed by atoms with Gasteiger partial charge in [-0.3, -0.25) is 4.99 Å². The zero-order valence-corrected chi connectivity index (χ0v) is 14.1. The molecule has 1 aromatic rings. The van der Waals surface area contributed by atoms with E-state index in [1.165, 1.54) is 37.2 Å². The average molecular weight is 308 g/mol. The van der Waals surface area contributed by atoms with Crippen molar-refractivity contribution >= 4 is 17.3 Å². The summed E-state index contributed by atoms with van der Waals surface area (Å²) in [5.74, 6) is 1.43. The molecule has 0 saturated carbocycles. The third kappa shape index (κ3) is 5.67. The van der Waals surface area contributed by atoms with E-state index in [1.807, 2.05) is 18.4 Å². The second kappa shape index (κ2) is 9.05. The summed E-state index contributed by atoms with van der Waals surface area (Å²) in [4.78, 5) is 8.27. The first kappa shape index (κ1) is 16.3.